The predicted octanol–water partition coefficient (Wildman–Crippen LogP) is 4.46. The number of hydrogen-bond acceptors (Lipinski definition) is 3. The zero-order valence-corrected chi connectivity index (χ0v) is 15.0. The molecule has 21 heavy (non-hydrogen) atoms. The van der Waals surface area contributed by atoms with Crippen LogP contribution in [0.2, 0.25) is 0 Å². The molecule has 2 unspecified atom stereocenters. The van der Waals surface area contributed by atoms with Crippen LogP contribution in [0, 0.1) is 0 Å². The van der Waals surface area contributed by atoms with Crippen LogP contribution in [0.25, 0.3) is 0 Å². The lowest BCUT2D eigenvalue weighted by molar-refractivity contribution is 0.248. The smallest absolute Gasteiger partial charge is 0.0307 e. The molecule has 0 aliphatic carbocycles. The van der Waals surface area contributed by atoms with Crippen molar-refractivity contribution >= 4 is 27.3 Å². The summed E-state index contributed by atoms with van der Waals surface area (Å²) in [5, 5.41) is 2.14. The van der Waals surface area contributed by atoms with E-state index in [4.69, 9.17) is 5.73 Å². The number of benzene rings is 1. The third-order valence-electron chi connectivity index (χ3n) is 3.92. The standard InChI is InChI=1S/C17H23BrN2S/c1-13(12-16-4-3-11-21-16)20(2)10-9-17(19)14-5-7-15(18)8-6-14/h3-8,11,13,17H,9-10,12,19H2,1-2H3. The maximum Gasteiger partial charge on any atom is 0.0307 e. The van der Waals surface area contributed by atoms with Crippen LogP contribution in [0.3, 0.4) is 0 Å². The molecule has 0 aliphatic heterocycles. The van der Waals surface area contributed by atoms with Gasteiger partial charge in [-0.1, -0.05) is 34.1 Å². The Kier molecular flexibility index (Phi) is 6.42. The lowest BCUT2D eigenvalue weighted by Crippen LogP contribution is -2.33. The second kappa shape index (κ2) is 8.08. The summed E-state index contributed by atoms with van der Waals surface area (Å²) in [6.45, 7) is 3.30. The minimum Gasteiger partial charge on any atom is -0.324 e. The van der Waals surface area contributed by atoms with E-state index in [-0.39, 0.29) is 6.04 Å². The highest BCUT2D eigenvalue weighted by atomic mass is 79.9. The zero-order chi connectivity index (χ0) is 15.2. The molecule has 2 aromatic rings. The molecule has 0 aliphatic rings. The summed E-state index contributed by atoms with van der Waals surface area (Å²) in [5.74, 6) is 0. The minimum atomic E-state index is 0.106. The maximum absolute atomic E-state index is 6.29. The first kappa shape index (κ1) is 16.7. The molecule has 4 heteroatoms. The van der Waals surface area contributed by atoms with Gasteiger partial charge in [0.25, 0.3) is 0 Å². The molecule has 0 fully saturated rings. The first-order chi connectivity index (χ1) is 10.1. The summed E-state index contributed by atoms with van der Waals surface area (Å²) in [4.78, 5) is 3.85. The number of thiophene rings is 1. The van der Waals surface area contributed by atoms with Gasteiger partial charge >= 0.3 is 0 Å². The first-order valence-electron chi connectivity index (χ1n) is 7.30. The van der Waals surface area contributed by atoms with Crippen LogP contribution in [0.4, 0.5) is 0 Å². The van der Waals surface area contributed by atoms with Gasteiger partial charge in [-0.05, 0) is 62.5 Å². The molecule has 2 rings (SSSR count). The number of rotatable bonds is 7. The summed E-state index contributed by atoms with van der Waals surface area (Å²) in [7, 11) is 2.19. The summed E-state index contributed by atoms with van der Waals surface area (Å²) < 4.78 is 1.10. The molecule has 0 amide bonds. The van der Waals surface area contributed by atoms with Crippen molar-refractivity contribution in [2.24, 2.45) is 5.73 Å². The molecule has 114 valence electrons. The number of nitrogens with two attached hydrogens (primary N) is 1. The van der Waals surface area contributed by atoms with Crippen LogP contribution in [0.5, 0.6) is 0 Å². The van der Waals surface area contributed by atoms with E-state index in [0.717, 1.165) is 23.9 Å². The van der Waals surface area contributed by atoms with Crippen molar-refractivity contribution in [3.05, 3.63) is 56.7 Å². The molecular formula is C17H23BrN2S. The lowest BCUT2D eigenvalue weighted by Gasteiger charge is -2.25. The molecule has 2 nitrogen and oxygen atoms in total. The Bertz CT molecular complexity index is 524. The molecule has 0 bridgehead atoms. The van der Waals surface area contributed by atoms with Crippen LogP contribution in [0.1, 0.15) is 29.8 Å². The molecule has 0 saturated carbocycles. The number of likely N-dealkylation sites (N-methyl/N-ethyl adjacent to an activating group) is 1. The topological polar surface area (TPSA) is 29.3 Å². The van der Waals surface area contributed by atoms with Crippen LogP contribution < -0.4 is 5.73 Å². The first-order valence-corrected chi connectivity index (χ1v) is 8.97. The normalized spacial score (nSPS) is 14.3. The van der Waals surface area contributed by atoms with E-state index in [1.54, 1.807) is 0 Å². The molecular weight excluding hydrogens is 344 g/mol. The molecule has 1 aromatic heterocycles. The van der Waals surface area contributed by atoms with Crippen molar-refractivity contribution in [1.29, 1.82) is 0 Å². The van der Waals surface area contributed by atoms with Gasteiger partial charge in [-0.25, -0.2) is 0 Å². The van der Waals surface area contributed by atoms with Crippen LogP contribution in [-0.4, -0.2) is 24.5 Å². The quantitative estimate of drug-likeness (QED) is 0.783. The van der Waals surface area contributed by atoms with Gasteiger partial charge in [-0.2, -0.15) is 0 Å². The third kappa shape index (κ3) is 5.22. The highest BCUT2D eigenvalue weighted by Gasteiger charge is 2.13. The monoisotopic (exact) mass is 366 g/mol. The fourth-order valence-corrected chi connectivity index (χ4v) is 3.41. The van der Waals surface area contributed by atoms with Crippen molar-refractivity contribution < 1.29 is 0 Å². The van der Waals surface area contributed by atoms with Gasteiger partial charge in [0.15, 0.2) is 0 Å². The summed E-state index contributed by atoms with van der Waals surface area (Å²) in [6.07, 6.45) is 2.09. The van der Waals surface area contributed by atoms with Gasteiger partial charge in [0.05, 0.1) is 0 Å². The minimum absolute atomic E-state index is 0.106. The molecule has 0 saturated heterocycles. The van der Waals surface area contributed by atoms with Crippen molar-refractivity contribution in [2.45, 2.75) is 31.8 Å². The molecule has 0 radical (unpaired) electrons. The summed E-state index contributed by atoms with van der Waals surface area (Å²) in [5.41, 5.74) is 7.50. The third-order valence-corrected chi connectivity index (χ3v) is 5.35. The fraction of sp³-hybridized carbons (Fsp3) is 0.412. The average Bonchev–Trinajstić information content (AvgIpc) is 2.98. The number of nitrogens with zero attached hydrogens (tertiary/aromatic N) is 1. The fourth-order valence-electron chi connectivity index (χ4n) is 2.32. The predicted molar refractivity (Wildman–Crippen MR) is 95.8 cm³/mol. The second-order valence-electron chi connectivity index (χ2n) is 5.56. The van der Waals surface area contributed by atoms with Crippen molar-refractivity contribution in [1.82, 2.24) is 4.90 Å². The Morgan fingerprint density at radius 3 is 2.57 bits per heavy atom. The van der Waals surface area contributed by atoms with Gasteiger partial charge in [0.1, 0.15) is 0 Å². The Labute approximate surface area is 140 Å². The van der Waals surface area contributed by atoms with Crippen LogP contribution in [0.15, 0.2) is 46.3 Å². The SMILES string of the molecule is CC(Cc1cccs1)N(C)CCC(N)c1ccc(Br)cc1. The number of hydrogen-bond donors (Lipinski definition) is 1. The van der Waals surface area contributed by atoms with E-state index in [1.165, 1.54) is 10.4 Å². The van der Waals surface area contributed by atoms with E-state index >= 15 is 0 Å². The summed E-state index contributed by atoms with van der Waals surface area (Å²) >= 11 is 5.29. The van der Waals surface area contributed by atoms with Gasteiger partial charge in [-0.3, -0.25) is 0 Å². The average molecular weight is 367 g/mol. The maximum atomic E-state index is 6.29. The second-order valence-corrected chi connectivity index (χ2v) is 7.51. The van der Waals surface area contributed by atoms with Crippen molar-refractivity contribution in [2.75, 3.05) is 13.6 Å². The van der Waals surface area contributed by atoms with Gasteiger partial charge in [0, 0.05) is 21.4 Å². The van der Waals surface area contributed by atoms with Gasteiger partial charge in [0.2, 0.25) is 0 Å². The Balaban J connectivity index is 1.79. The zero-order valence-electron chi connectivity index (χ0n) is 12.6. The van der Waals surface area contributed by atoms with E-state index < -0.39 is 0 Å². The van der Waals surface area contributed by atoms with Crippen molar-refractivity contribution in [3.63, 3.8) is 0 Å². The van der Waals surface area contributed by atoms with Gasteiger partial charge < -0.3 is 10.6 Å². The van der Waals surface area contributed by atoms with Crippen LogP contribution >= 0.6 is 27.3 Å². The highest BCUT2D eigenvalue weighted by Crippen LogP contribution is 2.19. The molecule has 1 heterocycles. The van der Waals surface area contributed by atoms with E-state index in [2.05, 4.69) is 76.6 Å². The van der Waals surface area contributed by atoms with Crippen LogP contribution in [-0.2, 0) is 6.42 Å². The molecule has 2 atom stereocenters. The summed E-state index contributed by atoms with van der Waals surface area (Å²) in [6, 6.07) is 13.3. The Morgan fingerprint density at radius 2 is 1.95 bits per heavy atom. The van der Waals surface area contributed by atoms with Crippen molar-refractivity contribution in [3.8, 4) is 0 Å². The molecule has 0 spiro atoms. The Morgan fingerprint density at radius 1 is 1.24 bits per heavy atom. The van der Waals surface area contributed by atoms with E-state index in [9.17, 15) is 0 Å². The largest absolute Gasteiger partial charge is 0.324 e. The number of halogens is 1. The van der Waals surface area contributed by atoms with E-state index in [1.807, 2.05) is 11.3 Å². The van der Waals surface area contributed by atoms with E-state index in [0.29, 0.717) is 6.04 Å². The highest BCUT2D eigenvalue weighted by molar-refractivity contribution is 9.10. The lowest BCUT2D eigenvalue weighted by atomic mass is 10.0. The molecule has 1 aromatic carbocycles. The van der Waals surface area contributed by atoms with Gasteiger partial charge in [-0.15, -0.1) is 11.3 Å². The molecule has 2 N–H and O–H groups in total. The Hall–Kier alpha value is -0.680.